The first-order chi connectivity index (χ1) is 9.31. The van der Waals surface area contributed by atoms with Gasteiger partial charge in [-0.25, -0.2) is 4.39 Å². The summed E-state index contributed by atoms with van der Waals surface area (Å²) in [4.78, 5) is 6.61. The Kier molecular flexibility index (Phi) is 3.41. The summed E-state index contributed by atoms with van der Waals surface area (Å²) in [5, 5.41) is 10.4. The van der Waals surface area contributed by atoms with Crippen LogP contribution in [0.4, 0.5) is 10.3 Å². The van der Waals surface area contributed by atoms with Gasteiger partial charge in [0.05, 0.1) is 0 Å². The van der Waals surface area contributed by atoms with E-state index >= 15 is 0 Å². The second-order valence-corrected chi connectivity index (χ2v) is 4.63. The van der Waals surface area contributed by atoms with E-state index in [1.807, 2.05) is 6.07 Å². The number of hydrogen-bond donors (Lipinski definition) is 2. The van der Waals surface area contributed by atoms with Crippen LogP contribution in [-0.2, 0) is 6.42 Å². The van der Waals surface area contributed by atoms with Gasteiger partial charge in [0.1, 0.15) is 11.6 Å². The zero-order valence-electron chi connectivity index (χ0n) is 10.6. The normalized spacial score (nSPS) is 15.7. The van der Waals surface area contributed by atoms with Gasteiger partial charge in [-0.15, -0.1) is 5.10 Å². The van der Waals surface area contributed by atoms with Crippen molar-refractivity contribution in [2.45, 2.75) is 6.42 Å². The van der Waals surface area contributed by atoms with E-state index in [0.29, 0.717) is 6.42 Å². The molecule has 0 saturated carbocycles. The van der Waals surface area contributed by atoms with Crippen molar-refractivity contribution in [1.29, 1.82) is 0 Å². The molecule has 0 radical (unpaired) electrons. The fourth-order valence-electron chi connectivity index (χ4n) is 2.21. The average Bonchev–Trinajstić information content (AvgIpc) is 2.88. The van der Waals surface area contributed by atoms with Gasteiger partial charge in [0, 0.05) is 32.6 Å². The minimum Gasteiger partial charge on any atom is -0.337 e. The molecule has 1 aliphatic heterocycles. The van der Waals surface area contributed by atoms with Crippen LogP contribution in [0.1, 0.15) is 11.4 Å². The molecule has 1 aromatic carbocycles. The highest BCUT2D eigenvalue weighted by atomic mass is 19.1. The molecule has 1 fully saturated rings. The van der Waals surface area contributed by atoms with Crippen LogP contribution in [-0.4, -0.2) is 41.4 Å². The Bertz CT molecular complexity index is 547. The Labute approximate surface area is 110 Å². The van der Waals surface area contributed by atoms with Crippen molar-refractivity contribution in [2.75, 3.05) is 31.1 Å². The van der Waals surface area contributed by atoms with Gasteiger partial charge >= 0.3 is 0 Å². The number of benzene rings is 1. The predicted octanol–water partition coefficient (Wildman–Crippen LogP) is 0.944. The number of rotatable bonds is 3. The quantitative estimate of drug-likeness (QED) is 0.863. The Balaban J connectivity index is 1.70. The number of nitrogens with one attached hydrogen (secondary N) is 2. The first kappa shape index (κ1) is 12.1. The lowest BCUT2D eigenvalue weighted by molar-refractivity contribution is 0.580. The van der Waals surface area contributed by atoms with Crippen LogP contribution in [0.3, 0.4) is 0 Å². The summed E-state index contributed by atoms with van der Waals surface area (Å²) >= 11 is 0. The van der Waals surface area contributed by atoms with Gasteiger partial charge in [0.15, 0.2) is 0 Å². The molecule has 3 rings (SSSR count). The fourth-order valence-corrected chi connectivity index (χ4v) is 2.21. The summed E-state index contributed by atoms with van der Waals surface area (Å²) < 4.78 is 13.1. The summed E-state index contributed by atoms with van der Waals surface area (Å²) in [5.41, 5.74) is 0.892. The van der Waals surface area contributed by atoms with Crippen LogP contribution in [0.5, 0.6) is 0 Å². The highest BCUT2D eigenvalue weighted by molar-refractivity contribution is 5.30. The summed E-state index contributed by atoms with van der Waals surface area (Å²) in [6, 6.07) is 6.55. The second-order valence-electron chi connectivity index (χ2n) is 4.63. The number of piperazine rings is 1. The van der Waals surface area contributed by atoms with Crippen molar-refractivity contribution in [3.63, 3.8) is 0 Å². The van der Waals surface area contributed by atoms with E-state index in [1.165, 1.54) is 12.1 Å². The van der Waals surface area contributed by atoms with Crippen molar-refractivity contribution in [3.8, 4) is 0 Å². The van der Waals surface area contributed by atoms with E-state index in [4.69, 9.17) is 0 Å². The van der Waals surface area contributed by atoms with Crippen molar-refractivity contribution in [3.05, 3.63) is 41.5 Å². The second kappa shape index (κ2) is 5.36. The molecule has 1 saturated heterocycles. The number of anilines is 1. The number of aromatic amines is 1. The molecule has 1 aromatic heterocycles. The average molecular weight is 261 g/mol. The highest BCUT2D eigenvalue weighted by Crippen LogP contribution is 2.12. The van der Waals surface area contributed by atoms with Crippen LogP contribution in [0, 0.1) is 5.82 Å². The maximum absolute atomic E-state index is 13.1. The van der Waals surface area contributed by atoms with E-state index < -0.39 is 0 Å². The van der Waals surface area contributed by atoms with E-state index in [9.17, 15) is 4.39 Å². The van der Waals surface area contributed by atoms with Crippen LogP contribution < -0.4 is 10.2 Å². The maximum atomic E-state index is 13.1. The molecule has 0 unspecified atom stereocenters. The van der Waals surface area contributed by atoms with Gasteiger partial charge in [-0.05, 0) is 17.7 Å². The third-order valence-electron chi connectivity index (χ3n) is 3.18. The van der Waals surface area contributed by atoms with E-state index in [2.05, 4.69) is 25.4 Å². The molecule has 1 aliphatic rings. The molecule has 5 nitrogen and oxygen atoms in total. The molecule has 0 aliphatic carbocycles. The van der Waals surface area contributed by atoms with Gasteiger partial charge in [-0.2, -0.15) is 4.98 Å². The molecule has 0 bridgehead atoms. The number of halogens is 1. The molecule has 0 amide bonds. The summed E-state index contributed by atoms with van der Waals surface area (Å²) in [6.45, 7) is 3.73. The minimum absolute atomic E-state index is 0.223. The summed E-state index contributed by atoms with van der Waals surface area (Å²) in [6.07, 6.45) is 0.566. The molecule has 19 heavy (non-hydrogen) atoms. The summed E-state index contributed by atoms with van der Waals surface area (Å²) in [5.74, 6) is 1.27. The lowest BCUT2D eigenvalue weighted by atomic mass is 10.1. The molecule has 2 aromatic rings. The van der Waals surface area contributed by atoms with Crippen molar-refractivity contribution >= 4 is 5.95 Å². The van der Waals surface area contributed by atoms with Crippen LogP contribution in [0.15, 0.2) is 24.3 Å². The first-order valence-corrected chi connectivity index (χ1v) is 6.43. The topological polar surface area (TPSA) is 56.8 Å². The number of aromatic nitrogens is 3. The minimum atomic E-state index is -0.223. The molecule has 6 heteroatoms. The van der Waals surface area contributed by atoms with Gasteiger partial charge in [-0.3, -0.25) is 5.10 Å². The molecular weight excluding hydrogens is 245 g/mol. The van der Waals surface area contributed by atoms with Gasteiger partial charge in [0.25, 0.3) is 0 Å². The van der Waals surface area contributed by atoms with Crippen molar-refractivity contribution in [2.24, 2.45) is 0 Å². The summed E-state index contributed by atoms with van der Waals surface area (Å²) in [7, 11) is 0. The van der Waals surface area contributed by atoms with E-state index in [1.54, 1.807) is 6.07 Å². The lowest BCUT2D eigenvalue weighted by Crippen LogP contribution is -2.44. The fraction of sp³-hybridized carbons (Fsp3) is 0.385. The van der Waals surface area contributed by atoms with Crippen LogP contribution >= 0.6 is 0 Å². The third kappa shape index (κ3) is 2.90. The Morgan fingerprint density at radius 3 is 2.89 bits per heavy atom. The monoisotopic (exact) mass is 261 g/mol. The Hall–Kier alpha value is -1.95. The predicted molar refractivity (Wildman–Crippen MR) is 70.7 cm³/mol. The van der Waals surface area contributed by atoms with Crippen LogP contribution in [0.25, 0.3) is 0 Å². The SMILES string of the molecule is Fc1cccc(Cc2nc(N3CCNCC3)n[nH]2)c1. The molecular formula is C13H16FN5. The van der Waals surface area contributed by atoms with Gasteiger partial charge < -0.3 is 10.2 Å². The maximum Gasteiger partial charge on any atom is 0.244 e. The van der Waals surface area contributed by atoms with Gasteiger partial charge in [0.2, 0.25) is 5.95 Å². The largest absolute Gasteiger partial charge is 0.337 e. The smallest absolute Gasteiger partial charge is 0.244 e. The van der Waals surface area contributed by atoms with Crippen molar-refractivity contribution in [1.82, 2.24) is 20.5 Å². The molecule has 100 valence electrons. The molecule has 2 heterocycles. The number of H-pyrrole nitrogens is 1. The zero-order valence-corrected chi connectivity index (χ0v) is 10.6. The van der Waals surface area contributed by atoms with Gasteiger partial charge in [-0.1, -0.05) is 12.1 Å². The molecule has 0 spiro atoms. The Morgan fingerprint density at radius 2 is 2.11 bits per heavy atom. The lowest BCUT2D eigenvalue weighted by Gasteiger charge is -2.25. The highest BCUT2D eigenvalue weighted by Gasteiger charge is 2.14. The first-order valence-electron chi connectivity index (χ1n) is 6.43. The van der Waals surface area contributed by atoms with E-state index in [0.717, 1.165) is 43.5 Å². The van der Waals surface area contributed by atoms with E-state index in [-0.39, 0.29) is 5.82 Å². The third-order valence-corrected chi connectivity index (χ3v) is 3.18. The van der Waals surface area contributed by atoms with Crippen molar-refractivity contribution < 1.29 is 4.39 Å². The van der Waals surface area contributed by atoms with Crippen LogP contribution in [0.2, 0.25) is 0 Å². The molecule has 0 atom stereocenters. The zero-order chi connectivity index (χ0) is 13.1. The molecule has 2 N–H and O–H groups in total. The standard InChI is InChI=1S/C13H16FN5/c14-11-3-1-2-10(8-11)9-12-16-13(18-17-12)19-6-4-15-5-7-19/h1-3,8,15H,4-7,9H2,(H,16,17,18). The Morgan fingerprint density at radius 1 is 1.26 bits per heavy atom. The number of hydrogen-bond acceptors (Lipinski definition) is 4. The number of nitrogens with zero attached hydrogens (tertiary/aromatic N) is 3.